The van der Waals surface area contributed by atoms with E-state index in [9.17, 15) is 9.59 Å². The summed E-state index contributed by atoms with van der Waals surface area (Å²) in [5, 5.41) is 5.00. The summed E-state index contributed by atoms with van der Waals surface area (Å²) >= 11 is 1.35. The van der Waals surface area contributed by atoms with Gasteiger partial charge < -0.3 is 4.74 Å². The molecule has 0 aliphatic carbocycles. The van der Waals surface area contributed by atoms with E-state index in [-0.39, 0.29) is 11.9 Å². The topological polar surface area (TPSA) is 68.3 Å². The molecule has 1 N–H and O–H groups in total. The number of amides is 1. The molecule has 1 amide bonds. The van der Waals surface area contributed by atoms with Crippen LogP contribution in [-0.2, 0) is 4.79 Å². The fourth-order valence-corrected chi connectivity index (χ4v) is 1.86. The molecule has 0 bridgehead atoms. The fourth-order valence-electron chi connectivity index (χ4n) is 1.33. The molecule has 0 aliphatic heterocycles. The molecule has 19 heavy (non-hydrogen) atoms. The molecule has 0 unspecified atom stereocenters. The average Bonchev–Trinajstić information content (AvgIpc) is 2.92. The number of benzene rings is 1. The van der Waals surface area contributed by atoms with Gasteiger partial charge in [-0.05, 0) is 24.3 Å². The van der Waals surface area contributed by atoms with E-state index in [1.165, 1.54) is 11.3 Å². The zero-order valence-corrected chi connectivity index (χ0v) is 11.1. The third kappa shape index (κ3) is 3.62. The number of nitrogens with zero attached hydrogens (tertiary/aromatic N) is 1. The first-order valence-corrected chi connectivity index (χ1v) is 6.58. The average molecular weight is 276 g/mol. The quantitative estimate of drug-likeness (QED) is 0.688. The van der Waals surface area contributed by atoms with Gasteiger partial charge in [-0.15, -0.1) is 11.3 Å². The van der Waals surface area contributed by atoms with Crippen LogP contribution < -0.4 is 10.1 Å². The van der Waals surface area contributed by atoms with Crippen LogP contribution in [0.3, 0.4) is 0 Å². The van der Waals surface area contributed by atoms with Gasteiger partial charge in [-0.1, -0.05) is 6.92 Å². The number of hydrogen-bond donors (Lipinski definition) is 1. The first kappa shape index (κ1) is 13.2. The van der Waals surface area contributed by atoms with Gasteiger partial charge in [-0.3, -0.25) is 14.9 Å². The lowest BCUT2D eigenvalue weighted by Gasteiger charge is -2.04. The predicted molar refractivity (Wildman–Crippen MR) is 72.4 cm³/mol. The number of aromatic nitrogens is 1. The third-order valence-electron chi connectivity index (χ3n) is 2.29. The summed E-state index contributed by atoms with van der Waals surface area (Å²) in [6.07, 6.45) is 1.93. The first-order valence-electron chi connectivity index (χ1n) is 5.70. The molecule has 98 valence electrons. The highest BCUT2D eigenvalue weighted by Gasteiger charge is 2.08. The van der Waals surface area contributed by atoms with Crippen molar-refractivity contribution in [2.24, 2.45) is 0 Å². The van der Waals surface area contributed by atoms with Crippen LogP contribution in [0.1, 0.15) is 23.7 Å². The zero-order valence-electron chi connectivity index (χ0n) is 10.3. The van der Waals surface area contributed by atoms with Crippen LogP contribution >= 0.6 is 11.3 Å². The van der Waals surface area contributed by atoms with Crippen LogP contribution in [0, 0.1) is 0 Å². The van der Waals surface area contributed by atoms with E-state index in [4.69, 9.17) is 4.74 Å². The van der Waals surface area contributed by atoms with Crippen LogP contribution in [0.2, 0.25) is 0 Å². The Kier molecular flexibility index (Phi) is 4.25. The molecule has 0 saturated carbocycles. The second-order valence-corrected chi connectivity index (χ2v) is 4.54. The van der Waals surface area contributed by atoms with Gasteiger partial charge in [0.15, 0.2) is 5.13 Å². The lowest BCUT2D eigenvalue weighted by Crippen LogP contribution is -2.11. The minimum Gasteiger partial charge on any atom is -0.427 e. The summed E-state index contributed by atoms with van der Waals surface area (Å²) in [5.74, 6) is -0.124. The molecule has 1 aromatic carbocycles. The van der Waals surface area contributed by atoms with Gasteiger partial charge in [0.2, 0.25) is 0 Å². The van der Waals surface area contributed by atoms with Crippen LogP contribution in [0.25, 0.3) is 0 Å². The number of carbonyl (C=O) groups is 2. The third-order valence-corrected chi connectivity index (χ3v) is 2.98. The summed E-state index contributed by atoms with van der Waals surface area (Å²) in [6, 6.07) is 6.37. The molecule has 0 atom stereocenters. The van der Waals surface area contributed by atoms with Gasteiger partial charge in [0.25, 0.3) is 5.91 Å². The minimum absolute atomic E-state index is 0.247. The maximum atomic E-state index is 11.8. The predicted octanol–water partition coefficient (Wildman–Crippen LogP) is 2.71. The Morgan fingerprint density at radius 3 is 2.63 bits per heavy atom. The smallest absolute Gasteiger partial charge is 0.310 e. The maximum absolute atomic E-state index is 11.8. The van der Waals surface area contributed by atoms with Gasteiger partial charge in [-0.2, -0.15) is 0 Å². The van der Waals surface area contributed by atoms with E-state index >= 15 is 0 Å². The molecule has 0 radical (unpaired) electrons. The van der Waals surface area contributed by atoms with Crippen molar-refractivity contribution in [2.75, 3.05) is 5.32 Å². The summed E-state index contributed by atoms with van der Waals surface area (Å²) in [7, 11) is 0. The number of hydrogen-bond acceptors (Lipinski definition) is 5. The van der Waals surface area contributed by atoms with Crippen molar-refractivity contribution >= 4 is 28.3 Å². The summed E-state index contributed by atoms with van der Waals surface area (Å²) < 4.78 is 5.02. The monoisotopic (exact) mass is 276 g/mol. The highest BCUT2D eigenvalue weighted by molar-refractivity contribution is 7.13. The highest BCUT2D eigenvalue weighted by Crippen LogP contribution is 2.15. The number of carbonyl (C=O) groups excluding carboxylic acids is 2. The first-order chi connectivity index (χ1) is 9.19. The molecule has 1 aromatic heterocycles. The van der Waals surface area contributed by atoms with Crippen LogP contribution in [0.4, 0.5) is 5.13 Å². The fraction of sp³-hybridized carbons (Fsp3) is 0.154. The van der Waals surface area contributed by atoms with Crippen molar-refractivity contribution < 1.29 is 14.3 Å². The number of rotatable bonds is 4. The van der Waals surface area contributed by atoms with Crippen molar-refractivity contribution in [3.63, 3.8) is 0 Å². The largest absolute Gasteiger partial charge is 0.427 e. The summed E-state index contributed by atoms with van der Waals surface area (Å²) in [4.78, 5) is 26.9. The van der Waals surface area contributed by atoms with Crippen LogP contribution in [0.5, 0.6) is 5.75 Å². The van der Waals surface area contributed by atoms with E-state index in [0.29, 0.717) is 22.9 Å². The highest BCUT2D eigenvalue weighted by atomic mass is 32.1. The van der Waals surface area contributed by atoms with Gasteiger partial charge >= 0.3 is 5.97 Å². The number of nitrogens with one attached hydrogen (secondary N) is 1. The van der Waals surface area contributed by atoms with Gasteiger partial charge in [0, 0.05) is 23.6 Å². The number of esters is 1. The summed E-state index contributed by atoms with van der Waals surface area (Å²) in [5.41, 5.74) is 0.478. The second-order valence-electron chi connectivity index (χ2n) is 3.64. The Morgan fingerprint density at radius 2 is 2.05 bits per heavy atom. The zero-order chi connectivity index (χ0) is 13.7. The van der Waals surface area contributed by atoms with E-state index < -0.39 is 0 Å². The number of anilines is 1. The molecule has 1 heterocycles. The van der Waals surface area contributed by atoms with Crippen molar-refractivity contribution in [1.82, 2.24) is 4.98 Å². The van der Waals surface area contributed by atoms with Crippen LogP contribution in [0.15, 0.2) is 35.8 Å². The van der Waals surface area contributed by atoms with E-state index in [1.807, 2.05) is 0 Å². The normalized spacial score (nSPS) is 9.95. The SMILES string of the molecule is CCC(=O)Oc1ccc(C(=O)Nc2nccs2)cc1. The molecule has 5 nitrogen and oxygen atoms in total. The Morgan fingerprint density at radius 1 is 1.32 bits per heavy atom. The Balaban J connectivity index is 2.01. The molecule has 0 aliphatic rings. The maximum Gasteiger partial charge on any atom is 0.310 e. The van der Waals surface area contributed by atoms with Crippen molar-refractivity contribution in [2.45, 2.75) is 13.3 Å². The van der Waals surface area contributed by atoms with Crippen LogP contribution in [-0.4, -0.2) is 16.9 Å². The van der Waals surface area contributed by atoms with Crippen molar-refractivity contribution in [3.8, 4) is 5.75 Å². The second kappa shape index (κ2) is 6.10. The van der Waals surface area contributed by atoms with E-state index in [0.717, 1.165) is 0 Å². The molecule has 6 heteroatoms. The lowest BCUT2D eigenvalue weighted by molar-refractivity contribution is -0.134. The number of thiazole rings is 1. The molecular weight excluding hydrogens is 264 g/mol. The van der Waals surface area contributed by atoms with E-state index in [1.54, 1.807) is 42.8 Å². The van der Waals surface area contributed by atoms with Gasteiger partial charge in [0.1, 0.15) is 5.75 Å². The molecule has 2 rings (SSSR count). The minimum atomic E-state index is -0.306. The Labute approximate surface area is 114 Å². The molecule has 2 aromatic rings. The van der Waals surface area contributed by atoms with E-state index in [2.05, 4.69) is 10.3 Å². The molecule has 0 saturated heterocycles. The van der Waals surface area contributed by atoms with Gasteiger partial charge in [0.05, 0.1) is 0 Å². The summed E-state index contributed by atoms with van der Waals surface area (Å²) in [6.45, 7) is 1.72. The molecule has 0 fully saturated rings. The molecule has 0 spiro atoms. The Bertz CT molecular complexity index is 564. The van der Waals surface area contributed by atoms with Crippen molar-refractivity contribution in [1.29, 1.82) is 0 Å². The molecular formula is C13H12N2O3S. The van der Waals surface area contributed by atoms with Gasteiger partial charge in [-0.25, -0.2) is 4.98 Å². The Hall–Kier alpha value is -2.21. The van der Waals surface area contributed by atoms with Crippen molar-refractivity contribution in [3.05, 3.63) is 41.4 Å². The lowest BCUT2D eigenvalue weighted by atomic mass is 10.2. The standard InChI is InChI=1S/C13H12N2O3S/c1-2-11(16)18-10-5-3-9(4-6-10)12(17)15-13-14-7-8-19-13/h3-8H,2H2,1H3,(H,14,15,17). The number of ether oxygens (including phenoxy) is 1.